The van der Waals surface area contributed by atoms with Gasteiger partial charge >= 0.3 is 0 Å². The summed E-state index contributed by atoms with van der Waals surface area (Å²) in [6, 6.07) is 11.1. The fraction of sp³-hybridized carbons (Fsp3) is 0.188. The molecule has 0 heterocycles. The van der Waals surface area contributed by atoms with Crippen molar-refractivity contribution in [2.45, 2.75) is 11.8 Å². The quantitative estimate of drug-likeness (QED) is 0.896. The molecule has 2 rings (SSSR count). The number of sulfone groups is 1. The summed E-state index contributed by atoms with van der Waals surface area (Å²) in [6.07, 6.45) is 1.13. The number of carbonyl (C=O) groups excluding carboxylic acids is 1. The molecule has 0 saturated carbocycles. The first-order chi connectivity index (χ1) is 10.8. The van der Waals surface area contributed by atoms with E-state index in [-0.39, 0.29) is 17.4 Å². The number of halogens is 1. The van der Waals surface area contributed by atoms with Gasteiger partial charge in [0, 0.05) is 17.0 Å². The molecule has 1 N–H and O–H groups in total. The number of ether oxygens (including phenoxy) is 1. The van der Waals surface area contributed by atoms with Crippen molar-refractivity contribution in [3.63, 3.8) is 0 Å². The first-order valence-electron chi connectivity index (χ1n) is 6.74. The van der Waals surface area contributed by atoms with Crippen molar-refractivity contribution in [1.82, 2.24) is 0 Å². The molecule has 0 aliphatic heterocycles. The van der Waals surface area contributed by atoms with E-state index in [1.165, 1.54) is 24.3 Å². The van der Waals surface area contributed by atoms with Gasteiger partial charge in [-0.3, -0.25) is 4.79 Å². The van der Waals surface area contributed by atoms with E-state index < -0.39 is 9.84 Å². The number of hydrogen-bond donors (Lipinski definition) is 1. The van der Waals surface area contributed by atoms with Crippen LogP contribution in [0.2, 0.25) is 5.02 Å². The molecule has 122 valence electrons. The molecule has 2 aromatic carbocycles. The second kappa shape index (κ2) is 7.02. The van der Waals surface area contributed by atoms with Crippen LogP contribution in [-0.4, -0.2) is 27.2 Å². The lowest BCUT2D eigenvalue weighted by atomic mass is 10.2. The first-order valence-corrected chi connectivity index (χ1v) is 9.01. The highest BCUT2D eigenvalue weighted by atomic mass is 35.5. The lowest BCUT2D eigenvalue weighted by Crippen LogP contribution is -2.20. The van der Waals surface area contributed by atoms with Crippen LogP contribution in [0.1, 0.15) is 5.56 Å². The Morgan fingerprint density at radius 1 is 1.17 bits per heavy atom. The molecule has 0 unspecified atom stereocenters. The summed E-state index contributed by atoms with van der Waals surface area (Å²) in [5.41, 5.74) is 1.51. The van der Waals surface area contributed by atoms with Gasteiger partial charge in [0.25, 0.3) is 5.91 Å². The monoisotopic (exact) mass is 353 g/mol. The smallest absolute Gasteiger partial charge is 0.262 e. The van der Waals surface area contributed by atoms with Crippen LogP contribution < -0.4 is 10.1 Å². The van der Waals surface area contributed by atoms with Crippen LogP contribution >= 0.6 is 11.6 Å². The van der Waals surface area contributed by atoms with Gasteiger partial charge < -0.3 is 10.1 Å². The van der Waals surface area contributed by atoms with E-state index in [4.69, 9.17) is 16.3 Å². The van der Waals surface area contributed by atoms with Crippen molar-refractivity contribution in [1.29, 1.82) is 0 Å². The Morgan fingerprint density at radius 2 is 1.83 bits per heavy atom. The average Bonchev–Trinajstić information content (AvgIpc) is 2.47. The van der Waals surface area contributed by atoms with Crippen LogP contribution in [0.3, 0.4) is 0 Å². The van der Waals surface area contributed by atoms with Gasteiger partial charge in [0.05, 0.1) is 4.90 Å². The molecule has 0 fully saturated rings. The number of benzene rings is 2. The predicted octanol–water partition coefficient (Wildman–Crippen LogP) is 3.07. The van der Waals surface area contributed by atoms with E-state index in [0.717, 1.165) is 11.8 Å². The average molecular weight is 354 g/mol. The van der Waals surface area contributed by atoms with Crippen molar-refractivity contribution in [2.24, 2.45) is 0 Å². The highest BCUT2D eigenvalue weighted by molar-refractivity contribution is 7.90. The Kier molecular flexibility index (Phi) is 5.28. The molecule has 0 aliphatic carbocycles. The number of anilines is 1. The number of rotatable bonds is 5. The molecule has 0 spiro atoms. The summed E-state index contributed by atoms with van der Waals surface area (Å²) in [6.45, 7) is 1.66. The minimum absolute atomic E-state index is 0.180. The molecule has 0 radical (unpaired) electrons. The SMILES string of the molecule is Cc1cc(Cl)ccc1NC(=O)COc1ccc(S(C)(=O)=O)cc1. The minimum Gasteiger partial charge on any atom is -0.484 e. The Labute approximate surface area is 140 Å². The Morgan fingerprint density at radius 3 is 2.39 bits per heavy atom. The Bertz CT molecular complexity index is 816. The van der Waals surface area contributed by atoms with Crippen LogP contribution in [-0.2, 0) is 14.6 Å². The molecule has 7 heteroatoms. The normalized spacial score (nSPS) is 11.1. The third kappa shape index (κ3) is 4.97. The zero-order chi connectivity index (χ0) is 17.0. The summed E-state index contributed by atoms with van der Waals surface area (Å²) < 4.78 is 28.0. The second-order valence-electron chi connectivity index (χ2n) is 5.04. The summed E-state index contributed by atoms with van der Waals surface area (Å²) in [5, 5.41) is 3.32. The maximum Gasteiger partial charge on any atom is 0.262 e. The molecule has 0 atom stereocenters. The van der Waals surface area contributed by atoms with Gasteiger partial charge in [-0.05, 0) is 55.0 Å². The lowest BCUT2D eigenvalue weighted by Gasteiger charge is -2.10. The highest BCUT2D eigenvalue weighted by Crippen LogP contribution is 2.20. The summed E-state index contributed by atoms with van der Waals surface area (Å²) >= 11 is 5.86. The lowest BCUT2D eigenvalue weighted by molar-refractivity contribution is -0.118. The molecule has 0 aliphatic rings. The van der Waals surface area contributed by atoms with E-state index in [9.17, 15) is 13.2 Å². The zero-order valence-electron chi connectivity index (χ0n) is 12.7. The topological polar surface area (TPSA) is 72.5 Å². The van der Waals surface area contributed by atoms with Crippen LogP contribution in [0.15, 0.2) is 47.4 Å². The Hall–Kier alpha value is -2.05. The fourth-order valence-corrected chi connectivity index (χ4v) is 2.74. The van der Waals surface area contributed by atoms with Gasteiger partial charge in [-0.25, -0.2) is 8.42 Å². The molecule has 0 saturated heterocycles. The van der Waals surface area contributed by atoms with Gasteiger partial charge in [0.1, 0.15) is 5.75 Å². The molecule has 5 nitrogen and oxygen atoms in total. The maximum atomic E-state index is 11.9. The van der Waals surface area contributed by atoms with Crippen molar-refractivity contribution in [3.05, 3.63) is 53.1 Å². The Balaban J connectivity index is 1.94. The van der Waals surface area contributed by atoms with Gasteiger partial charge in [0.15, 0.2) is 16.4 Å². The van der Waals surface area contributed by atoms with Crippen LogP contribution in [0.25, 0.3) is 0 Å². The summed E-state index contributed by atoms with van der Waals surface area (Å²) in [5.74, 6) is 0.1000. The summed E-state index contributed by atoms with van der Waals surface area (Å²) in [7, 11) is -3.25. The minimum atomic E-state index is -3.25. The predicted molar refractivity (Wildman–Crippen MR) is 89.9 cm³/mol. The highest BCUT2D eigenvalue weighted by Gasteiger charge is 2.08. The fourth-order valence-electron chi connectivity index (χ4n) is 1.89. The molecule has 1 amide bonds. The maximum absolute atomic E-state index is 11.9. The van der Waals surface area contributed by atoms with Gasteiger partial charge in [-0.15, -0.1) is 0 Å². The van der Waals surface area contributed by atoms with E-state index in [2.05, 4.69) is 5.32 Å². The second-order valence-corrected chi connectivity index (χ2v) is 7.49. The van der Waals surface area contributed by atoms with Crippen molar-refractivity contribution < 1.29 is 17.9 Å². The zero-order valence-corrected chi connectivity index (χ0v) is 14.2. The van der Waals surface area contributed by atoms with Gasteiger partial charge in [-0.1, -0.05) is 11.6 Å². The van der Waals surface area contributed by atoms with E-state index in [1.54, 1.807) is 18.2 Å². The molecular formula is C16H16ClNO4S. The van der Waals surface area contributed by atoms with E-state index in [1.807, 2.05) is 6.92 Å². The number of hydrogen-bond acceptors (Lipinski definition) is 4. The molecule has 0 bridgehead atoms. The van der Waals surface area contributed by atoms with E-state index >= 15 is 0 Å². The number of aryl methyl sites for hydroxylation is 1. The number of amides is 1. The van der Waals surface area contributed by atoms with Gasteiger partial charge in [-0.2, -0.15) is 0 Å². The first kappa shape index (κ1) is 17.3. The largest absolute Gasteiger partial charge is 0.484 e. The number of carbonyl (C=O) groups is 1. The summed E-state index contributed by atoms with van der Waals surface area (Å²) in [4.78, 5) is 12.1. The molecular weight excluding hydrogens is 338 g/mol. The van der Waals surface area contributed by atoms with E-state index in [0.29, 0.717) is 16.5 Å². The third-order valence-corrected chi connectivity index (χ3v) is 4.45. The number of nitrogens with one attached hydrogen (secondary N) is 1. The third-order valence-electron chi connectivity index (χ3n) is 3.08. The van der Waals surface area contributed by atoms with Gasteiger partial charge in [0.2, 0.25) is 0 Å². The van der Waals surface area contributed by atoms with Crippen LogP contribution in [0, 0.1) is 6.92 Å². The standard InChI is InChI=1S/C16H16ClNO4S/c1-11-9-12(17)3-8-15(11)18-16(19)10-22-13-4-6-14(7-5-13)23(2,20)21/h3-9H,10H2,1-2H3,(H,18,19). The molecule has 0 aromatic heterocycles. The van der Waals surface area contributed by atoms with Crippen molar-refractivity contribution in [3.8, 4) is 5.75 Å². The molecule has 2 aromatic rings. The van der Waals surface area contributed by atoms with Crippen LogP contribution in [0.5, 0.6) is 5.75 Å². The molecule has 23 heavy (non-hydrogen) atoms. The van der Waals surface area contributed by atoms with Crippen molar-refractivity contribution >= 4 is 33.0 Å². The van der Waals surface area contributed by atoms with Crippen molar-refractivity contribution in [2.75, 3.05) is 18.2 Å². The van der Waals surface area contributed by atoms with Crippen LogP contribution in [0.4, 0.5) is 5.69 Å².